The van der Waals surface area contributed by atoms with Crippen molar-refractivity contribution in [3.05, 3.63) is 0 Å². The van der Waals surface area contributed by atoms with Crippen molar-refractivity contribution in [2.24, 2.45) is 0 Å². The number of nitrogens with zero attached hydrogens (tertiary/aromatic N) is 1. The predicted molar refractivity (Wildman–Crippen MR) is 52.6 cm³/mol. The second-order valence-electron chi connectivity index (χ2n) is 4.21. The van der Waals surface area contributed by atoms with Crippen molar-refractivity contribution < 1.29 is 10.2 Å². The molecule has 1 aliphatic heterocycles. The topological polar surface area (TPSA) is 43.7 Å². The highest BCUT2D eigenvalue weighted by atomic mass is 16.3. The van der Waals surface area contributed by atoms with E-state index in [1.807, 2.05) is 6.92 Å². The Morgan fingerprint density at radius 3 is 2.46 bits per heavy atom. The van der Waals surface area contributed by atoms with Gasteiger partial charge in [0.05, 0.1) is 11.7 Å². The maximum Gasteiger partial charge on any atom is 0.0900 e. The van der Waals surface area contributed by atoms with Gasteiger partial charge in [-0.1, -0.05) is 20.3 Å². The zero-order valence-electron chi connectivity index (χ0n) is 8.66. The van der Waals surface area contributed by atoms with Crippen molar-refractivity contribution in [3.8, 4) is 0 Å². The lowest BCUT2D eigenvalue weighted by Gasteiger charge is -2.47. The van der Waals surface area contributed by atoms with Crippen LogP contribution in [-0.2, 0) is 0 Å². The molecule has 0 aromatic heterocycles. The van der Waals surface area contributed by atoms with Crippen LogP contribution in [-0.4, -0.2) is 46.5 Å². The second-order valence-corrected chi connectivity index (χ2v) is 4.21. The molecule has 2 N–H and O–H groups in total. The molecule has 1 heterocycles. The molecule has 0 radical (unpaired) electrons. The first-order valence-electron chi connectivity index (χ1n) is 5.22. The fraction of sp³-hybridized carbons (Fsp3) is 1.00. The number of hydrogen-bond acceptors (Lipinski definition) is 3. The van der Waals surface area contributed by atoms with Crippen LogP contribution in [0.1, 0.15) is 33.1 Å². The summed E-state index contributed by atoms with van der Waals surface area (Å²) in [5.41, 5.74) is -0.456. The molecule has 1 unspecified atom stereocenters. The molecule has 0 amide bonds. The zero-order valence-corrected chi connectivity index (χ0v) is 8.66. The van der Waals surface area contributed by atoms with E-state index in [0.29, 0.717) is 6.54 Å². The third-order valence-corrected chi connectivity index (χ3v) is 2.69. The van der Waals surface area contributed by atoms with Crippen LogP contribution >= 0.6 is 0 Å². The molecule has 1 atom stereocenters. The van der Waals surface area contributed by atoms with Crippen molar-refractivity contribution in [1.82, 2.24) is 4.90 Å². The van der Waals surface area contributed by atoms with Crippen molar-refractivity contribution in [2.45, 2.75) is 44.8 Å². The minimum absolute atomic E-state index is 0.230. The molecule has 0 bridgehead atoms. The quantitative estimate of drug-likeness (QED) is 0.662. The maximum absolute atomic E-state index is 9.84. The Morgan fingerprint density at radius 1 is 1.38 bits per heavy atom. The molecule has 0 saturated carbocycles. The highest BCUT2D eigenvalue weighted by molar-refractivity contribution is 4.95. The van der Waals surface area contributed by atoms with E-state index in [0.717, 1.165) is 32.4 Å². The van der Waals surface area contributed by atoms with Gasteiger partial charge in [0, 0.05) is 19.6 Å². The average Bonchev–Trinajstić information content (AvgIpc) is 2.02. The van der Waals surface area contributed by atoms with Gasteiger partial charge in [-0.25, -0.2) is 0 Å². The molecular weight excluding hydrogens is 166 g/mol. The summed E-state index contributed by atoms with van der Waals surface area (Å²) in [5, 5.41) is 19.2. The maximum atomic E-state index is 9.84. The van der Waals surface area contributed by atoms with Gasteiger partial charge in [0.2, 0.25) is 0 Å². The lowest BCUT2D eigenvalue weighted by atomic mass is 9.89. The van der Waals surface area contributed by atoms with Gasteiger partial charge in [-0.3, -0.25) is 4.90 Å². The molecule has 3 nitrogen and oxygen atoms in total. The number of β-amino-alcohol motifs (C(OH)–C–C–N with tert-alkyl or cyclic N) is 2. The number of hydrogen-bond donors (Lipinski definition) is 2. The molecule has 0 aromatic carbocycles. The number of aliphatic hydroxyl groups excluding tert-OH is 1. The Bertz CT molecular complexity index is 155. The summed E-state index contributed by atoms with van der Waals surface area (Å²) < 4.78 is 0. The number of rotatable bonds is 5. The fourth-order valence-electron chi connectivity index (χ4n) is 1.97. The summed E-state index contributed by atoms with van der Waals surface area (Å²) in [7, 11) is 0. The molecule has 1 aliphatic rings. The van der Waals surface area contributed by atoms with E-state index in [-0.39, 0.29) is 6.10 Å². The van der Waals surface area contributed by atoms with Crippen LogP contribution in [0.3, 0.4) is 0 Å². The minimum atomic E-state index is -0.456. The van der Waals surface area contributed by atoms with Crippen LogP contribution in [0.4, 0.5) is 0 Å². The summed E-state index contributed by atoms with van der Waals surface area (Å²) in [4.78, 5) is 2.11. The van der Waals surface area contributed by atoms with Crippen molar-refractivity contribution in [2.75, 3.05) is 19.6 Å². The zero-order chi connectivity index (χ0) is 9.90. The summed E-state index contributed by atoms with van der Waals surface area (Å²) in [6, 6.07) is 0. The van der Waals surface area contributed by atoms with E-state index in [4.69, 9.17) is 0 Å². The van der Waals surface area contributed by atoms with Gasteiger partial charge in [-0.05, 0) is 12.8 Å². The third kappa shape index (κ3) is 2.93. The van der Waals surface area contributed by atoms with Gasteiger partial charge < -0.3 is 10.2 Å². The van der Waals surface area contributed by atoms with E-state index in [1.54, 1.807) is 0 Å². The molecule has 3 heteroatoms. The van der Waals surface area contributed by atoms with E-state index >= 15 is 0 Å². The molecule has 1 saturated heterocycles. The van der Waals surface area contributed by atoms with E-state index in [9.17, 15) is 10.2 Å². The summed E-state index contributed by atoms with van der Waals surface area (Å²) in [6.45, 7) is 6.24. The van der Waals surface area contributed by atoms with Gasteiger partial charge in [-0.15, -0.1) is 0 Å². The molecule has 13 heavy (non-hydrogen) atoms. The molecule has 1 rings (SSSR count). The molecule has 78 valence electrons. The first-order valence-corrected chi connectivity index (χ1v) is 5.22. The van der Waals surface area contributed by atoms with Crippen LogP contribution in [0.5, 0.6) is 0 Å². The van der Waals surface area contributed by atoms with Crippen molar-refractivity contribution in [3.63, 3.8) is 0 Å². The summed E-state index contributed by atoms with van der Waals surface area (Å²) >= 11 is 0. The van der Waals surface area contributed by atoms with Gasteiger partial charge in [0.25, 0.3) is 0 Å². The average molecular weight is 187 g/mol. The standard InChI is InChI=1S/C10H21NO2/c1-3-5-10(13)7-11(8-10)6-9(12)4-2/h9,12-13H,3-8H2,1-2H3. The van der Waals surface area contributed by atoms with E-state index in [1.165, 1.54) is 0 Å². The van der Waals surface area contributed by atoms with E-state index < -0.39 is 5.60 Å². The van der Waals surface area contributed by atoms with Crippen LogP contribution in [0.2, 0.25) is 0 Å². The highest BCUT2D eigenvalue weighted by Crippen LogP contribution is 2.25. The number of likely N-dealkylation sites (tertiary alicyclic amines) is 1. The monoisotopic (exact) mass is 187 g/mol. The highest BCUT2D eigenvalue weighted by Gasteiger charge is 2.40. The Kier molecular flexibility index (Phi) is 3.71. The largest absolute Gasteiger partial charge is 0.392 e. The normalized spacial score (nSPS) is 24.0. The van der Waals surface area contributed by atoms with Crippen LogP contribution in [0, 0.1) is 0 Å². The van der Waals surface area contributed by atoms with Crippen molar-refractivity contribution in [1.29, 1.82) is 0 Å². The Labute approximate surface area is 80.4 Å². The molecule has 1 fully saturated rings. The van der Waals surface area contributed by atoms with Crippen LogP contribution in [0.25, 0.3) is 0 Å². The Hall–Kier alpha value is -0.120. The Balaban J connectivity index is 2.17. The first-order chi connectivity index (χ1) is 6.09. The smallest absolute Gasteiger partial charge is 0.0900 e. The summed E-state index contributed by atoms with van der Waals surface area (Å²) in [5.74, 6) is 0. The summed E-state index contributed by atoms with van der Waals surface area (Å²) in [6.07, 6.45) is 2.47. The van der Waals surface area contributed by atoms with Crippen molar-refractivity contribution >= 4 is 0 Å². The molecule has 0 aliphatic carbocycles. The van der Waals surface area contributed by atoms with Crippen LogP contribution in [0.15, 0.2) is 0 Å². The molecule has 0 spiro atoms. The first kappa shape index (κ1) is 11.0. The molecular formula is C10H21NO2. The molecule has 0 aromatic rings. The SMILES string of the molecule is CCCC1(O)CN(CC(O)CC)C1. The van der Waals surface area contributed by atoms with Crippen LogP contribution < -0.4 is 0 Å². The lowest BCUT2D eigenvalue weighted by Crippen LogP contribution is -2.62. The number of aliphatic hydroxyl groups is 2. The second kappa shape index (κ2) is 4.40. The van der Waals surface area contributed by atoms with Gasteiger partial charge >= 0.3 is 0 Å². The van der Waals surface area contributed by atoms with Gasteiger partial charge in [-0.2, -0.15) is 0 Å². The Morgan fingerprint density at radius 2 is 2.00 bits per heavy atom. The van der Waals surface area contributed by atoms with Gasteiger partial charge in [0.1, 0.15) is 0 Å². The van der Waals surface area contributed by atoms with Gasteiger partial charge in [0.15, 0.2) is 0 Å². The minimum Gasteiger partial charge on any atom is -0.392 e. The fourth-order valence-corrected chi connectivity index (χ4v) is 1.97. The predicted octanol–water partition coefficient (Wildman–Crippen LogP) is 0.604. The van der Waals surface area contributed by atoms with E-state index in [2.05, 4.69) is 11.8 Å². The lowest BCUT2D eigenvalue weighted by molar-refractivity contribution is -0.113. The third-order valence-electron chi connectivity index (χ3n) is 2.69.